The van der Waals surface area contributed by atoms with Crippen molar-refractivity contribution in [2.24, 2.45) is 10.7 Å². The number of carbonyl (C=O) groups excluding carboxylic acids is 1. The first-order chi connectivity index (χ1) is 11.0. The summed E-state index contributed by atoms with van der Waals surface area (Å²) in [4.78, 5) is 22.2. The maximum Gasteiger partial charge on any atom is 0.345 e. The SMILES string of the molecule is N/C(=N\C(=O)N1CCC(O)CC1)C1(c2ccc(Cl)nc2)CCC1. The molecule has 1 aliphatic carbocycles. The normalized spacial score (nSPS) is 21.8. The second kappa shape index (κ2) is 6.45. The number of likely N-dealkylation sites (tertiary alicyclic amines) is 1. The molecule has 1 aliphatic heterocycles. The van der Waals surface area contributed by atoms with Crippen molar-refractivity contribution in [1.82, 2.24) is 9.88 Å². The number of piperidine rings is 1. The molecule has 7 heteroatoms. The highest BCUT2D eigenvalue weighted by Gasteiger charge is 2.43. The van der Waals surface area contributed by atoms with Gasteiger partial charge in [0.2, 0.25) is 0 Å². The van der Waals surface area contributed by atoms with Crippen molar-refractivity contribution in [1.29, 1.82) is 0 Å². The number of hydrogen-bond donors (Lipinski definition) is 2. The summed E-state index contributed by atoms with van der Waals surface area (Å²) < 4.78 is 0. The first kappa shape index (κ1) is 16.2. The molecule has 0 atom stereocenters. The van der Waals surface area contributed by atoms with Gasteiger partial charge in [-0.15, -0.1) is 0 Å². The summed E-state index contributed by atoms with van der Waals surface area (Å²) in [5.41, 5.74) is 6.77. The second-order valence-corrected chi connectivity index (χ2v) is 6.69. The minimum atomic E-state index is -0.400. The molecule has 0 unspecified atom stereocenters. The van der Waals surface area contributed by atoms with Crippen molar-refractivity contribution in [2.75, 3.05) is 13.1 Å². The number of halogens is 1. The third-order valence-corrected chi connectivity index (χ3v) is 5.15. The van der Waals surface area contributed by atoms with E-state index in [1.54, 1.807) is 17.2 Å². The molecule has 0 bridgehead atoms. The van der Waals surface area contributed by atoms with Crippen LogP contribution < -0.4 is 5.73 Å². The zero-order valence-corrected chi connectivity index (χ0v) is 13.7. The Bertz CT molecular complexity index is 605. The van der Waals surface area contributed by atoms with Crippen LogP contribution in [0.5, 0.6) is 0 Å². The number of amides is 2. The molecule has 124 valence electrons. The topological polar surface area (TPSA) is 91.8 Å². The molecule has 1 saturated heterocycles. The summed E-state index contributed by atoms with van der Waals surface area (Å²) >= 11 is 5.85. The Morgan fingerprint density at radius 1 is 1.39 bits per heavy atom. The van der Waals surface area contributed by atoms with Gasteiger partial charge in [-0.3, -0.25) is 0 Å². The number of amidine groups is 1. The Morgan fingerprint density at radius 3 is 2.61 bits per heavy atom. The lowest BCUT2D eigenvalue weighted by atomic mass is 9.64. The van der Waals surface area contributed by atoms with Gasteiger partial charge in [-0.25, -0.2) is 9.78 Å². The van der Waals surface area contributed by atoms with Gasteiger partial charge in [0.15, 0.2) is 0 Å². The van der Waals surface area contributed by atoms with Gasteiger partial charge >= 0.3 is 6.03 Å². The molecular weight excluding hydrogens is 316 g/mol. The Labute approximate surface area is 140 Å². The summed E-state index contributed by atoms with van der Waals surface area (Å²) in [6, 6.07) is 3.32. The molecule has 2 fully saturated rings. The molecule has 2 aliphatic rings. The van der Waals surface area contributed by atoms with Gasteiger partial charge in [-0.2, -0.15) is 4.99 Å². The fourth-order valence-electron chi connectivity index (χ4n) is 3.22. The molecule has 3 rings (SSSR count). The molecule has 3 N–H and O–H groups in total. The van der Waals surface area contributed by atoms with E-state index in [-0.39, 0.29) is 12.1 Å². The monoisotopic (exact) mass is 336 g/mol. The van der Waals surface area contributed by atoms with Gasteiger partial charge in [0.1, 0.15) is 11.0 Å². The highest BCUT2D eigenvalue weighted by Crippen LogP contribution is 2.44. The van der Waals surface area contributed by atoms with Crippen molar-refractivity contribution in [2.45, 2.75) is 43.6 Å². The van der Waals surface area contributed by atoms with Crippen LogP contribution in [-0.2, 0) is 5.41 Å². The lowest BCUT2D eigenvalue weighted by Gasteiger charge is -2.41. The maximum atomic E-state index is 12.3. The zero-order valence-electron chi connectivity index (χ0n) is 12.9. The van der Waals surface area contributed by atoms with Gasteiger partial charge in [0, 0.05) is 19.3 Å². The number of hydrogen-bond acceptors (Lipinski definition) is 3. The third kappa shape index (κ3) is 3.19. The number of aliphatic imine (C=N–C) groups is 1. The lowest BCUT2D eigenvalue weighted by Crippen LogP contribution is -2.48. The predicted molar refractivity (Wildman–Crippen MR) is 88.6 cm³/mol. The van der Waals surface area contributed by atoms with E-state index < -0.39 is 5.41 Å². The molecule has 0 radical (unpaired) electrons. The zero-order chi connectivity index (χ0) is 16.4. The molecule has 1 aromatic heterocycles. The van der Waals surface area contributed by atoms with Crippen LogP contribution in [0.4, 0.5) is 4.79 Å². The fourth-order valence-corrected chi connectivity index (χ4v) is 3.33. The van der Waals surface area contributed by atoms with Crippen molar-refractivity contribution in [3.8, 4) is 0 Å². The molecule has 2 heterocycles. The first-order valence-corrected chi connectivity index (χ1v) is 8.33. The Kier molecular flexibility index (Phi) is 4.55. The number of aliphatic hydroxyl groups excluding tert-OH is 1. The first-order valence-electron chi connectivity index (χ1n) is 7.95. The van der Waals surface area contributed by atoms with E-state index in [0.717, 1.165) is 24.8 Å². The highest BCUT2D eigenvalue weighted by molar-refractivity contribution is 6.29. The number of pyridine rings is 1. The molecule has 1 saturated carbocycles. The van der Waals surface area contributed by atoms with E-state index in [2.05, 4.69) is 9.98 Å². The van der Waals surface area contributed by atoms with E-state index in [4.69, 9.17) is 17.3 Å². The number of urea groups is 1. The van der Waals surface area contributed by atoms with Gasteiger partial charge in [0.25, 0.3) is 0 Å². The standard InChI is InChI=1S/C16H21ClN4O2/c17-13-3-2-11(10-19-13)16(6-1-7-16)14(18)20-15(23)21-8-4-12(22)5-9-21/h2-3,10,12,22H,1,4-9H2,(H2,18,20,23). The minimum Gasteiger partial charge on any atom is -0.393 e. The van der Waals surface area contributed by atoms with Crippen molar-refractivity contribution in [3.63, 3.8) is 0 Å². The third-order valence-electron chi connectivity index (χ3n) is 4.93. The fraction of sp³-hybridized carbons (Fsp3) is 0.562. The van der Waals surface area contributed by atoms with E-state index in [0.29, 0.717) is 36.9 Å². The van der Waals surface area contributed by atoms with Gasteiger partial charge in [-0.1, -0.05) is 24.1 Å². The lowest BCUT2D eigenvalue weighted by molar-refractivity contribution is 0.0962. The molecular formula is C16H21ClN4O2. The van der Waals surface area contributed by atoms with E-state index in [1.165, 1.54) is 0 Å². The Balaban J connectivity index is 1.78. The van der Waals surface area contributed by atoms with Crippen LogP contribution in [0, 0.1) is 0 Å². The number of aliphatic hydroxyl groups is 1. The molecule has 2 amide bonds. The van der Waals surface area contributed by atoms with Crippen molar-refractivity contribution >= 4 is 23.5 Å². The van der Waals surface area contributed by atoms with Crippen LogP contribution in [0.2, 0.25) is 5.15 Å². The highest BCUT2D eigenvalue weighted by atomic mass is 35.5. The second-order valence-electron chi connectivity index (χ2n) is 6.30. The molecule has 1 aromatic rings. The summed E-state index contributed by atoms with van der Waals surface area (Å²) in [5, 5.41) is 9.95. The van der Waals surface area contributed by atoms with Crippen LogP contribution in [0.1, 0.15) is 37.7 Å². The predicted octanol–water partition coefficient (Wildman–Crippen LogP) is 2.09. The number of nitrogens with two attached hydrogens (primary N) is 1. The number of nitrogens with zero attached hydrogens (tertiary/aromatic N) is 3. The van der Waals surface area contributed by atoms with Crippen LogP contribution >= 0.6 is 11.6 Å². The van der Waals surface area contributed by atoms with Gasteiger partial charge < -0.3 is 15.7 Å². The van der Waals surface area contributed by atoms with E-state index >= 15 is 0 Å². The summed E-state index contributed by atoms with van der Waals surface area (Å²) in [7, 11) is 0. The van der Waals surface area contributed by atoms with Crippen LogP contribution in [0.3, 0.4) is 0 Å². The molecule has 23 heavy (non-hydrogen) atoms. The van der Waals surface area contributed by atoms with Gasteiger partial charge in [0.05, 0.1) is 11.5 Å². The molecule has 0 spiro atoms. The molecule has 0 aromatic carbocycles. The van der Waals surface area contributed by atoms with Crippen molar-refractivity contribution < 1.29 is 9.90 Å². The average Bonchev–Trinajstić information content (AvgIpc) is 2.48. The maximum absolute atomic E-state index is 12.3. The number of rotatable bonds is 2. The Morgan fingerprint density at radius 2 is 2.09 bits per heavy atom. The Hall–Kier alpha value is -1.66. The number of aromatic nitrogens is 1. The van der Waals surface area contributed by atoms with E-state index in [1.807, 2.05) is 6.07 Å². The average molecular weight is 337 g/mol. The van der Waals surface area contributed by atoms with Crippen molar-refractivity contribution in [3.05, 3.63) is 29.0 Å². The van der Waals surface area contributed by atoms with Crippen LogP contribution in [0.25, 0.3) is 0 Å². The molecule has 6 nitrogen and oxygen atoms in total. The van der Waals surface area contributed by atoms with Gasteiger partial charge in [-0.05, 0) is 37.3 Å². The summed E-state index contributed by atoms with van der Waals surface area (Å²) in [6.07, 6.45) is 5.34. The summed E-state index contributed by atoms with van der Waals surface area (Å²) in [5.74, 6) is 0.351. The van der Waals surface area contributed by atoms with Crippen LogP contribution in [-0.4, -0.2) is 46.1 Å². The summed E-state index contributed by atoms with van der Waals surface area (Å²) in [6.45, 7) is 1.04. The van der Waals surface area contributed by atoms with Crippen LogP contribution in [0.15, 0.2) is 23.3 Å². The smallest absolute Gasteiger partial charge is 0.345 e. The van der Waals surface area contributed by atoms with E-state index in [9.17, 15) is 9.90 Å². The quantitative estimate of drug-likeness (QED) is 0.491. The number of carbonyl (C=O) groups is 1. The minimum absolute atomic E-state index is 0.317. The largest absolute Gasteiger partial charge is 0.393 e.